The molecule has 2 bridgehead atoms. The van der Waals surface area contributed by atoms with E-state index in [9.17, 15) is 4.79 Å². The van der Waals surface area contributed by atoms with Crippen molar-refractivity contribution in [3.63, 3.8) is 0 Å². The van der Waals surface area contributed by atoms with Gasteiger partial charge in [0.1, 0.15) is 0 Å². The lowest BCUT2D eigenvalue weighted by Gasteiger charge is -2.44. The lowest BCUT2D eigenvalue weighted by molar-refractivity contribution is -0.118. The van der Waals surface area contributed by atoms with Gasteiger partial charge in [-0.15, -0.1) is 0 Å². The predicted molar refractivity (Wildman–Crippen MR) is 74.4 cm³/mol. The van der Waals surface area contributed by atoms with E-state index in [-0.39, 0.29) is 5.91 Å². The van der Waals surface area contributed by atoms with Crippen molar-refractivity contribution in [2.75, 3.05) is 19.6 Å². The summed E-state index contributed by atoms with van der Waals surface area (Å²) >= 11 is 0. The number of aromatic nitrogens is 1. The third-order valence-corrected chi connectivity index (χ3v) is 4.10. The second-order valence-corrected chi connectivity index (χ2v) is 5.37. The Morgan fingerprint density at radius 2 is 2.26 bits per heavy atom. The minimum atomic E-state index is 0.00241. The average Bonchev–Trinajstić information content (AvgIpc) is 2.47. The van der Waals surface area contributed by atoms with Gasteiger partial charge in [0, 0.05) is 31.1 Å². The summed E-state index contributed by atoms with van der Waals surface area (Å²) < 4.78 is 0. The summed E-state index contributed by atoms with van der Waals surface area (Å²) in [6, 6.07) is 4.13. The highest BCUT2D eigenvalue weighted by molar-refractivity contribution is 5.91. The van der Waals surface area contributed by atoms with Crippen molar-refractivity contribution in [3.05, 3.63) is 36.2 Å². The molecule has 4 rings (SSSR count). The number of nitrogens with zero attached hydrogens (tertiary/aromatic N) is 2. The Hall–Kier alpha value is -1.68. The molecule has 4 heteroatoms. The highest BCUT2D eigenvalue weighted by Gasteiger charge is 2.34. The smallest absolute Gasteiger partial charge is 0.244 e. The van der Waals surface area contributed by atoms with Crippen LogP contribution in [0.15, 0.2) is 30.6 Å². The molecule has 3 aliphatic heterocycles. The van der Waals surface area contributed by atoms with E-state index in [0.29, 0.717) is 12.0 Å². The van der Waals surface area contributed by atoms with Crippen molar-refractivity contribution < 1.29 is 4.79 Å². The Morgan fingerprint density at radius 3 is 2.89 bits per heavy atom. The number of piperidine rings is 3. The fourth-order valence-corrected chi connectivity index (χ4v) is 3.01. The Labute approximate surface area is 113 Å². The number of pyridine rings is 1. The number of hydrogen-bond donors (Lipinski definition) is 1. The zero-order chi connectivity index (χ0) is 13.1. The second-order valence-electron chi connectivity index (χ2n) is 5.37. The van der Waals surface area contributed by atoms with Gasteiger partial charge in [0.2, 0.25) is 5.91 Å². The Kier molecular flexibility index (Phi) is 3.60. The molecule has 0 aliphatic carbocycles. The van der Waals surface area contributed by atoms with Crippen LogP contribution in [0, 0.1) is 5.92 Å². The number of nitrogens with one attached hydrogen (secondary N) is 1. The summed E-state index contributed by atoms with van der Waals surface area (Å²) in [5.74, 6) is 0.670. The molecule has 0 unspecified atom stereocenters. The molecule has 0 radical (unpaired) electrons. The molecule has 19 heavy (non-hydrogen) atoms. The van der Waals surface area contributed by atoms with Crippen molar-refractivity contribution in [2.24, 2.45) is 5.92 Å². The van der Waals surface area contributed by atoms with Crippen molar-refractivity contribution in [3.8, 4) is 0 Å². The molecule has 3 fully saturated rings. The van der Waals surface area contributed by atoms with Gasteiger partial charge in [-0.25, -0.2) is 0 Å². The van der Waals surface area contributed by atoms with E-state index in [0.717, 1.165) is 12.1 Å². The van der Waals surface area contributed by atoms with Crippen LogP contribution in [0.4, 0.5) is 0 Å². The summed E-state index contributed by atoms with van der Waals surface area (Å²) in [6.07, 6.45) is 9.33. The molecule has 1 aromatic heterocycles. The monoisotopic (exact) mass is 257 g/mol. The normalized spacial score (nSPS) is 29.6. The van der Waals surface area contributed by atoms with E-state index in [1.165, 1.54) is 25.9 Å². The first-order chi connectivity index (χ1) is 9.31. The molecule has 1 amide bonds. The van der Waals surface area contributed by atoms with Crippen LogP contribution in [0.5, 0.6) is 0 Å². The predicted octanol–water partition coefficient (Wildman–Crippen LogP) is 1.31. The van der Waals surface area contributed by atoms with Gasteiger partial charge in [0.05, 0.1) is 0 Å². The van der Waals surface area contributed by atoms with Gasteiger partial charge in [-0.05, 0) is 49.6 Å². The van der Waals surface area contributed by atoms with Crippen molar-refractivity contribution in [1.29, 1.82) is 0 Å². The van der Waals surface area contributed by atoms with E-state index in [1.54, 1.807) is 18.5 Å². The Bertz CT molecular complexity index is 464. The first-order valence-corrected chi connectivity index (χ1v) is 6.92. The maximum absolute atomic E-state index is 11.9. The molecular weight excluding hydrogens is 238 g/mol. The molecule has 3 aliphatic rings. The third kappa shape index (κ3) is 3.01. The number of fused-ring (bicyclic) bond motifs is 3. The van der Waals surface area contributed by atoms with E-state index in [2.05, 4.69) is 15.2 Å². The molecular formula is C15H19N3O. The zero-order valence-electron chi connectivity index (χ0n) is 11.0. The molecule has 1 atom stereocenters. The van der Waals surface area contributed by atoms with Crippen molar-refractivity contribution in [1.82, 2.24) is 15.2 Å². The Morgan fingerprint density at radius 1 is 1.42 bits per heavy atom. The number of amides is 1. The van der Waals surface area contributed by atoms with Gasteiger partial charge >= 0.3 is 0 Å². The standard InChI is InChI=1S/C15H19N3O/c19-15(4-3-12-2-1-7-16-10-12)17-14-11-18-8-5-13(14)6-9-18/h1-4,7,10,13-14H,5-6,8-9,11H2,(H,17,19)/t14-/m0/s1. The van der Waals surface area contributed by atoms with Gasteiger partial charge in [-0.1, -0.05) is 6.07 Å². The van der Waals surface area contributed by atoms with E-state index >= 15 is 0 Å². The highest BCUT2D eigenvalue weighted by Crippen LogP contribution is 2.27. The van der Waals surface area contributed by atoms with E-state index in [1.807, 2.05) is 18.2 Å². The van der Waals surface area contributed by atoms with Crippen LogP contribution in [0.2, 0.25) is 0 Å². The number of carbonyl (C=O) groups is 1. The summed E-state index contributed by atoms with van der Waals surface area (Å²) in [4.78, 5) is 18.4. The van der Waals surface area contributed by atoms with Crippen LogP contribution in [0.1, 0.15) is 18.4 Å². The lowest BCUT2D eigenvalue weighted by Crippen LogP contribution is -2.57. The summed E-state index contributed by atoms with van der Waals surface area (Å²) in [6.45, 7) is 3.41. The summed E-state index contributed by atoms with van der Waals surface area (Å²) in [5, 5.41) is 3.13. The molecule has 0 aromatic carbocycles. The second kappa shape index (κ2) is 5.53. The summed E-state index contributed by atoms with van der Waals surface area (Å²) in [5.41, 5.74) is 0.951. The molecule has 1 N–H and O–H groups in total. The van der Waals surface area contributed by atoms with Gasteiger partial charge in [-0.3, -0.25) is 9.78 Å². The minimum absolute atomic E-state index is 0.00241. The van der Waals surface area contributed by atoms with Crippen LogP contribution in [0.3, 0.4) is 0 Å². The molecule has 4 heterocycles. The van der Waals surface area contributed by atoms with Crippen LogP contribution in [-0.4, -0.2) is 41.5 Å². The van der Waals surface area contributed by atoms with Crippen LogP contribution in [-0.2, 0) is 4.79 Å². The quantitative estimate of drug-likeness (QED) is 0.830. The molecule has 0 saturated carbocycles. The van der Waals surface area contributed by atoms with Crippen LogP contribution in [0.25, 0.3) is 6.08 Å². The number of hydrogen-bond acceptors (Lipinski definition) is 3. The van der Waals surface area contributed by atoms with Gasteiger partial charge in [0.25, 0.3) is 0 Å². The van der Waals surface area contributed by atoms with Gasteiger partial charge in [0.15, 0.2) is 0 Å². The zero-order valence-corrected chi connectivity index (χ0v) is 11.0. The lowest BCUT2D eigenvalue weighted by atomic mass is 9.84. The number of rotatable bonds is 3. The fraction of sp³-hybridized carbons (Fsp3) is 0.467. The maximum atomic E-state index is 11.9. The summed E-state index contributed by atoms with van der Waals surface area (Å²) in [7, 11) is 0. The first kappa shape index (κ1) is 12.4. The van der Waals surface area contributed by atoms with Crippen molar-refractivity contribution >= 4 is 12.0 Å². The average molecular weight is 257 g/mol. The molecule has 3 saturated heterocycles. The molecule has 1 aromatic rings. The largest absolute Gasteiger partial charge is 0.348 e. The SMILES string of the molecule is O=C(C=Cc1cccnc1)N[C@H]1CN2CCC1CC2. The van der Waals surface area contributed by atoms with Gasteiger partial charge < -0.3 is 10.2 Å². The molecule has 0 spiro atoms. The third-order valence-electron chi connectivity index (χ3n) is 4.10. The molecule has 4 nitrogen and oxygen atoms in total. The molecule has 100 valence electrons. The first-order valence-electron chi connectivity index (χ1n) is 6.92. The van der Waals surface area contributed by atoms with E-state index in [4.69, 9.17) is 0 Å². The maximum Gasteiger partial charge on any atom is 0.244 e. The highest BCUT2D eigenvalue weighted by atomic mass is 16.1. The van der Waals surface area contributed by atoms with Crippen LogP contribution < -0.4 is 5.32 Å². The number of carbonyl (C=O) groups excluding carboxylic acids is 1. The minimum Gasteiger partial charge on any atom is -0.348 e. The fourth-order valence-electron chi connectivity index (χ4n) is 3.01. The van der Waals surface area contributed by atoms with Crippen LogP contribution >= 0.6 is 0 Å². The van der Waals surface area contributed by atoms with Crippen molar-refractivity contribution in [2.45, 2.75) is 18.9 Å². The topological polar surface area (TPSA) is 45.2 Å². The van der Waals surface area contributed by atoms with Gasteiger partial charge in [-0.2, -0.15) is 0 Å². The van der Waals surface area contributed by atoms with E-state index < -0.39 is 0 Å². The Balaban J connectivity index is 1.55.